The van der Waals surface area contributed by atoms with E-state index in [9.17, 15) is 18.0 Å². The number of benzene rings is 2. The molecule has 0 unspecified atom stereocenters. The molecular weight excluding hydrogens is 716 g/mol. The lowest BCUT2D eigenvalue weighted by Crippen LogP contribution is -2.60. The topological polar surface area (TPSA) is 118 Å². The van der Waals surface area contributed by atoms with Crippen molar-refractivity contribution in [3.05, 3.63) is 70.3 Å². The fourth-order valence-corrected chi connectivity index (χ4v) is 9.79. The average Bonchev–Trinajstić information content (AvgIpc) is 3.15. The van der Waals surface area contributed by atoms with E-state index in [4.69, 9.17) is 25.8 Å². The van der Waals surface area contributed by atoms with Gasteiger partial charge in [0.05, 0.1) is 24.1 Å². The molecule has 1 saturated heterocycles. The van der Waals surface area contributed by atoms with E-state index in [-0.39, 0.29) is 29.2 Å². The molecule has 290 valence electrons. The fourth-order valence-electron chi connectivity index (χ4n) is 8.31. The SMILES string of the molecule is COCCN1CCN(C[C@]2(OC)/C=C/C[C@H](C)[C@@H](C)S(=O)(=O)NC(=O)c3ccc4c(c3)N(CCCCc3cc(Cl)ccc3CO4)C[C@@H]3CC[C@H]32)CC1=O. The Kier molecular flexibility index (Phi) is 12.8. The monoisotopic (exact) mass is 770 g/mol. The van der Waals surface area contributed by atoms with E-state index in [1.807, 2.05) is 36.1 Å². The Labute approximate surface area is 320 Å². The molecule has 2 amide bonds. The summed E-state index contributed by atoms with van der Waals surface area (Å²) in [7, 11) is -0.597. The number of fused-ring (bicyclic) bond motifs is 3. The Morgan fingerprint density at radius 3 is 2.58 bits per heavy atom. The number of methoxy groups -OCH3 is 2. The van der Waals surface area contributed by atoms with Crippen LogP contribution >= 0.6 is 11.6 Å². The molecule has 4 aliphatic rings. The predicted molar refractivity (Wildman–Crippen MR) is 207 cm³/mol. The van der Waals surface area contributed by atoms with Gasteiger partial charge in [-0.15, -0.1) is 0 Å². The summed E-state index contributed by atoms with van der Waals surface area (Å²) in [6.45, 7) is 8.59. The molecule has 1 aliphatic carbocycles. The molecule has 2 aromatic rings. The third kappa shape index (κ3) is 9.05. The molecule has 53 heavy (non-hydrogen) atoms. The maximum Gasteiger partial charge on any atom is 0.264 e. The summed E-state index contributed by atoms with van der Waals surface area (Å²) >= 11 is 6.39. The van der Waals surface area contributed by atoms with Gasteiger partial charge in [-0.2, -0.15) is 0 Å². The molecule has 0 radical (unpaired) electrons. The number of piperazine rings is 1. The van der Waals surface area contributed by atoms with Crippen LogP contribution in [0.2, 0.25) is 5.02 Å². The molecule has 2 fully saturated rings. The largest absolute Gasteiger partial charge is 0.487 e. The second-order valence-corrected chi connectivity index (χ2v) is 17.7. The highest BCUT2D eigenvalue weighted by Gasteiger charge is 2.48. The summed E-state index contributed by atoms with van der Waals surface area (Å²) in [4.78, 5) is 33.2. The van der Waals surface area contributed by atoms with Gasteiger partial charge in [-0.3, -0.25) is 14.5 Å². The zero-order valence-electron chi connectivity index (χ0n) is 31.5. The van der Waals surface area contributed by atoms with Gasteiger partial charge in [-0.25, -0.2) is 13.1 Å². The lowest BCUT2D eigenvalue weighted by Gasteiger charge is -2.51. The third-order valence-electron chi connectivity index (χ3n) is 12.0. The molecule has 2 bridgehead atoms. The Morgan fingerprint density at radius 1 is 1.02 bits per heavy atom. The number of amides is 2. The van der Waals surface area contributed by atoms with Gasteiger partial charge < -0.3 is 24.0 Å². The van der Waals surface area contributed by atoms with Crippen LogP contribution in [-0.2, 0) is 37.3 Å². The number of aryl methyl sites for hydroxylation is 1. The van der Waals surface area contributed by atoms with Crippen LogP contribution in [0, 0.1) is 17.8 Å². The summed E-state index contributed by atoms with van der Waals surface area (Å²) in [6, 6.07) is 11.1. The van der Waals surface area contributed by atoms with E-state index >= 15 is 0 Å². The minimum absolute atomic E-state index is 0.0805. The molecule has 11 nitrogen and oxygen atoms in total. The molecule has 5 atom stereocenters. The highest BCUT2D eigenvalue weighted by Crippen LogP contribution is 2.47. The molecule has 2 aromatic carbocycles. The van der Waals surface area contributed by atoms with E-state index in [0.717, 1.165) is 62.0 Å². The standard InChI is InChI=1S/C40H55ClN4O7S/c1-28-8-7-16-40(51-4,27-43-18-19-44(20-21-50-3)38(46)25-43)35-14-11-32(35)24-45-17-6-5-9-30-22-34(41)13-10-33(30)26-52-37-15-12-31(23-36(37)45)39(47)42-53(48,49)29(28)2/h7,10,12-13,15-16,22-23,28-29,32,35H,5-6,8-9,11,14,17-21,24-27H2,1-4H3,(H,42,47)/b16-7+/t28-,29+,32-,35+,40+/m0/s1. The van der Waals surface area contributed by atoms with Crippen LogP contribution < -0.4 is 14.4 Å². The van der Waals surface area contributed by atoms with Gasteiger partial charge in [0.15, 0.2) is 0 Å². The first-order valence-corrected chi connectivity index (χ1v) is 20.9. The average molecular weight is 771 g/mol. The number of hydrogen-bond donors (Lipinski definition) is 1. The summed E-state index contributed by atoms with van der Waals surface area (Å²) in [6.07, 6.45) is 9.34. The Balaban J connectivity index is 1.36. The van der Waals surface area contributed by atoms with Crippen molar-refractivity contribution in [1.82, 2.24) is 14.5 Å². The highest BCUT2D eigenvalue weighted by molar-refractivity contribution is 7.90. The molecule has 6 rings (SSSR count). The van der Waals surface area contributed by atoms with Crippen molar-refractivity contribution in [2.45, 2.75) is 69.8 Å². The van der Waals surface area contributed by atoms with Crippen molar-refractivity contribution >= 4 is 39.1 Å². The smallest absolute Gasteiger partial charge is 0.264 e. The lowest BCUT2D eigenvalue weighted by atomic mass is 9.63. The van der Waals surface area contributed by atoms with Gasteiger partial charge in [0, 0.05) is 64.1 Å². The van der Waals surface area contributed by atoms with Crippen LogP contribution in [0.5, 0.6) is 5.75 Å². The van der Waals surface area contributed by atoms with Gasteiger partial charge >= 0.3 is 0 Å². The Morgan fingerprint density at radius 2 is 1.85 bits per heavy atom. The molecule has 1 N–H and O–H groups in total. The number of anilines is 1. The van der Waals surface area contributed by atoms with Crippen LogP contribution in [0.4, 0.5) is 5.69 Å². The molecule has 13 heteroatoms. The zero-order valence-corrected chi connectivity index (χ0v) is 33.1. The zero-order chi connectivity index (χ0) is 37.8. The highest BCUT2D eigenvalue weighted by atomic mass is 35.5. The lowest BCUT2D eigenvalue weighted by molar-refractivity contribution is -0.140. The van der Waals surface area contributed by atoms with Gasteiger partial charge in [0.2, 0.25) is 15.9 Å². The van der Waals surface area contributed by atoms with Crippen molar-refractivity contribution in [3.63, 3.8) is 0 Å². The van der Waals surface area contributed by atoms with Crippen molar-refractivity contribution < 1.29 is 32.2 Å². The third-order valence-corrected chi connectivity index (χ3v) is 14.1. The fraction of sp³-hybridized carbons (Fsp3) is 0.600. The summed E-state index contributed by atoms with van der Waals surface area (Å²) in [5.41, 5.74) is 2.56. The maximum absolute atomic E-state index is 13.6. The van der Waals surface area contributed by atoms with Crippen LogP contribution in [-0.4, -0.2) is 108 Å². The first kappa shape index (κ1) is 39.5. The number of allylic oxidation sites excluding steroid dienone is 1. The summed E-state index contributed by atoms with van der Waals surface area (Å²) in [5, 5.41) is -0.132. The van der Waals surface area contributed by atoms with Gasteiger partial charge in [0.25, 0.3) is 5.91 Å². The number of carbonyl (C=O) groups is 2. The summed E-state index contributed by atoms with van der Waals surface area (Å²) in [5.74, 6) is 0.187. The normalized spacial score (nSPS) is 29.1. The molecule has 1 saturated carbocycles. The summed E-state index contributed by atoms with van der Waals surface area (Å²) < 4.78 is 47.8. The first-order chi connectivity index (χ1) is 25.4. The number of carbonyl (C=O) groups excluding carboxylic acids is 2. The first-order valence-electron chi connectivity index (χ1n) is 19.0. The van der Waals surface area contributed by atoms with E-state index in [1.54, 1.807) is 39.3 Å². The minimum Gasteiger partial charge on any atom is -0.487 e. The van der Waals surface area contributed by atoms with Crippen LogP contribution in [0.3, 0.4) is 0 Å². The molecular formula is C40H55ClN4O7S. The van der Waals surface area contributed by atoms with Crippen molar-refractivity contribution in [1.29, 1.82) is 0 Å². The number of halogens is 1. The van der Waals surface area contributed by atoms with Crippen molar-refractivity contribution in [2.75, 3.05) is 71.5 Å². The van der Waals surface area contributed by atoms with Crippen LogP contribution in [0.1, 0.15) is 67.4 Å². The van der Waals surface area contributed by atoms with E-state index in [2.05, 4.69) is 20.6 Å². The molecule has 3 heterocycles. The number of hydrogen-bond acceptors (Lipinski definition) is 9. The molecule has 0 aromatic heterocycles. The van der Waals surface area contributed by atoms with Gasteiger partial charge in [0.1, 0.15) is 18.0 Å². The van der Waals surface area contributed by atoms with Crippen molar-refractivity contribution in [2.24, 2.45) is 17.8 Å². The Hall–Kier alpha value is -3.16. The second kappa shape index (κ2) is 17.1. The second-order valence-electron chi connectivity index (χ2n) is 15.3. The van der Waals surface area contributed by atoms with Crippen molar-refractivity contribution in [3.8, 4) is 5.75 Å². The predicted octanol–water partition coefficient (Wildman–Crippen LogP) is 5.31. The van der Waals surface area contributed by atoms with E-state index in [1.165, 1.54) is 0 Å². The quantitative estimate of drug-likeness (QED) is 0.391. The number of rotatable bonds is 6. The minimum atomic E-state index is -4.00. The number of sulfonamides is 1. The molecule has 3 aliphatic heterocycles. The number of nitrogens with zero attached hydrogens (tertiary/aromatic N) is 3. The number of nitrogens with one attached hydrogen (secondary N) is 1. The number of ether oxygens (including phenoxy) is 3. The molecule has 0 spiro atoms. The van der Waals surface area contributed by atoms with Crippen LogP contribution in [0.15, 0.2) is 48.6 Å². The maximum atomic E-state index is 13.6. The van der Waals surface area contributed by atoms with Gasteiger partial charge in [-0.1, -0.05) is 36.7 Å². The van der Waals surface area contributed by atoms with E-state index < -0.39 is 26.8 Å². The van der Waals surface area contributed by atoms with E-state index in [0.29, 0.717) is 63.1 Å². The Bertz CT molecular complexity index is 1770. The van der Waals surface area contributed by atoms with Crippen LogP contribution in [0.25, 0.3) is 0 Å². The van der Waals surface area contributed by atoms with Gasteiger partial charge in [-0.05, 0) is 105 Å².